The van der Waals surface area contributed by atoms with Gasteiger partial charge in [-0.1, -0.05) is 35.9 Å². The molecule has 0 fully saturated rings. The fraction of sp³-hybridized carbons (Fsp3) is 0.100. The highest BCUT2D eigenvalue weighted by atomic mass is 35.5. The number of nitrogens with zero attached hydrogens (tertiary/aromatic N) is 2. The molecule has 1 unspecified atom stereocenters. The minimum absolute atomic E-state index is 0.105. The van der Waals surface area contributed by atoms with Crippen molar-refractivity contribution >= 4 is 23.4 Å². The molecule has 1 aromatic heterocycles. The van der Waals surface area contributed by atoms with Gasteiger partial charge in [-0.2, -0.15) is 0 Å². The van der Waals surface area contributed by atoms with Gasteiger partial charge in [0.25, 0.3) is 0 Å². The summed E-state index contributed by atoms with van der Waals surface area (Å²) >= 11 is 5.88. The molecule has 4 rings (SSSR count). The van der Waals surface area contributed by atoms with Gasteiger partial charge < -0.3 is 4.74 Å². The van der Waals surface area contributed by atoms with Crippen LogP contribution in [0.3, 0.4) is 0 Å². The van der Waals surface area contributed by atoms with Gasteiger partial charge >= 0.3 is 5.97 Å². The van der Waals surface area contributed by atoms with Gasteiger partial charge in [-0.05, 0) is 35.9 Å². The third-order valence-corrected chi connectivity index (χ3v) is 4.45. The Bertz CT molecular complexity index is 1000. The van der Waals surface area contributed by atoms with Gasteiger partial charge in [0.15, 0.2) is 17.6 Å². The number of esters is 1. The predicted molar refractivity (Wildman–Crippen MR) is 96.2 cm³/mol. The summed E-state index contributed by atoms with van der Waals surface area (Å²) in [6.07, 6.45) is 1.06. The number of carbonyl (C=O) groups excluding carboxylic acids is 2. The molecule has 128 valence electrons. The lowest BCUT2D eigenvalue weighted by Crippen LogP contribution is -2.24. The number of benzene rings is 2. The summed E-state index contributed by atoms with van der Waals surface area (Å²) in [5, 5.41) is 0.601. The Morgan fingerprint density at radius 1 is 1.08 bits per heavy atom. The first kappa shape index (κ1) is 16.4. The second kappa shape index (κ2) is 6.69. The number of aromatic nitrogens is 2. The largest absolute Gasteiger partial charge is 0.449 e. The van der Waals surface area contributed by atoms with Gasteiger partial charge in [-0.25, -0.2) is 14.8 Å². The molecule has 0 N–H and O–H groups in total. The van der Waals surface area contributed by atoms with Gasteiger partial charge in [0, 0.05) is 28.8 Å². The van der Waals surface area contributed by atoms with Gasteiger partial charge in [0.2, 0.25) is 5.78 Å². The van der Waals surface area contributed by atoms with Crippen LogP contribution in [0, 0.1) is 0 Å². The van der Waals surface area contributed by atoms with E-state index in [1.807, 2.05) is 12.1 Å². The summed E-state index contributed by atoms with van der Waals surface area (Å²) in [7, 11) is 0. The van der Waals surface area contributed by atoms with Crippen LogP contribution in [0.5, 0.6) is 0 Å². The standard InChI is InChI=1S/C20H13ClN2O3/c21-14-7-5-12(6-8-14)19-22-10-9-16(23-19)20(25)26-17-11-13-3-1-2-4-15(13)18(17)24/h1-10,17H,11H2. The van der Waals surface area contributed by atoms with Gasteiger partial charge in [0.1, 0.15) is 0 Å². The van der Waals surface area contributed by atoms with Crippen molar-refractivity contribution in [1.82, 2.24) is 9.97 Å². The lowest BCUT2D eigenvalue weighted by atomic mass is 10.1. The van der Waals surface area contributed by atoms with Crippen LogP contribution in [-0.4, -0.2) is 27.8 Å². The minimum atomic E-state index is -0.811. The lowest BCUT2D eigenvalue weighted by molar-refractivity contribution is 0.0299. The summed E-state index contributed by atoms with van der Waals surface area (Å²) in [4.78, 5) is 33.2. The third-order valence-electron chi connectivity index (χ3n) is 4.20. The number of ketones is 1. The van der Waals surface area contributed by atoms with Crippen molar-refractivity contribution in [2.24, 2.45) is 0 Å². The Kier molecular flexibility index (Phi) is 4.22. The molecule has 0 amide bonds. The van der Waals surface area contributed by atoms with E-state index in [2.05, 4.69) is 9.97 Å². The molecule has 0 spiro atoms. The van der Waals surface area contributed by atoms with Crippen molar-refractivity contribution in [1.29, 1.82) is 0 Å². The van der Waals surface area contributed by atoms with E-state index in [9.17, 15) is 9.59 Å². The Balaban J connectivity index is 1.53. The van der Waals surface area contributed by atoms with Gasteiger partial charge in [-0.15, -0.1) is 0 Å². The van der Waals surface area contributed by atoms with Crippen molar-refractivity contribution in [3.8, 4) is 11.4 Å². The fourth-order valence-electron chi connectivity index (χ4n) is 2.90. The normalized spacial score (nSPS) is 15.6. The smallest absolute Gasteiger partial charge is 0.357 e. The zero-order valence-electron chi connectivity index (χ0n) is 13.6. The van der Waals surface area contributed by atoms with E-state index in [4.69, 9.17) is 16.3 Å². The Morgan fingerprint density at radius 3 is 2.62 bits per heavy atom. The second-order valence-electron chi connectivity index (χ2n) is 5.89. The Morgan fingerprint density at radius 2 is 1.85 bits per heavy atom. The highest BCUT2D eigenvalue weighted by Gasteiger charge is 2.33. The number of hydrogen-bond acceptors (Lipinski definition) is 5. The lowest BCUT2D eigenvalue weighted by Gasteiger charge is -2.10. The number of hydrogen-bond donors (Lipinski definition) is 0. The van der Waals surface area contributed by atoms with Crippen molar-refractivity contribution in [2.45, 2.75) is 12.5 Å². The summed E-state index contributed by atoms with van der Waals surface area (Å²) in [5.41, 5.74) is 2.33. The SMILES string of the molecule is O=C(OC1Cc2ccccc2C1=O)c1ccnc(-c2ccc(Cl)cc2)n1. The molecule has 0 radical (unpaired) electrons. The van der Waals surface area contributed by atoms with Crippen LogP contribution in [0.25, 0.3) is 11.4 Å². The number of fused-ring (bicyclic) bond motifs is 1. The van der Waals surface area contributed by atoms with E-state index in [0.29, 0.717) is 22.8 Å². The van der Waals surface area contributed by atoms with Gasteiger partial charge in [0.05, 0.1) is 0 Å². The fourth-order valence-corrected chi connectivity index (χ4v) is 3.03. The Hall–Kier alpha value is -3.05. The molecule has 2 aromatic carbocycles. The first-order valence-electron chi connectivity index (χ1n) is 8.04. The van der Waals surface area contributed by atoms with Crippen LogP contribution in [0.2, 0.25) is 5.02 Å². The molecule has 0 saturated carbocycles. The van der Waals surface area contributed by atoms with Crippen molar-refractivity contribution in [3.05, 3.63) is 82.6 Å². The number of ether oxygens (including phenoxy) is 1. The maximum absolute atomic E-state index is 12.4. The minimum Gasteiger partial charge on any atom is -0.449 e. The van der Waals surface area contributed by atoms with Crippen molar-refractivity contribution < 1.29 is 14.3 Å². The molecule has 6 heteroatoms. The molecule has 26 heavy (non-hydrogen) atoms. The highest BCUT2D eigenvalue weighted by Crippen LogP contribution is 2.25. The van der Waals surface area contributed by atoms with E-state index < -0.39 is 12.1 Å². The third kappa shape index (κ3) is 3.09. The monoisotopic (exact) mass is 364 g/mol. The van der Waals surface area contributed by atoms with Crippen LogP contribution < -0.4 is 0 Å². The zero-order valence-corrected chi connectivity index (χ0v) is 14.3. The second-order valence-corrected chi connectivity index (χ2v) is 6.33. The van der Waals surface area contributed by atoms with E-state index in [-0.39, 0.29) is 11.5 Å². The first-order valence-corrected chi connectivity index (χ1v) is 8.42. The van der Waals surface area contributed by atoms with E-state index in [0.717, 1.165) is 11.1 Å². The van der Waals surface area contributed by atoms with E-state index >= 15 is 0 Å². The average Bonchev–Trinajstić information content (AvgIpc) is 2.98. The molecule has 1 aliphatic rings. The van der Waals surface area contributed by atoms with E-state index in [1.54, 1.807) is 36.4 Å². The molecular formula is C20H13ClN2O3. The number of carbonyl (C=O) groups is 2. The van der Waals surface area contributed by atoms with Crippen LogP contribution in [0.4, 0.5) is 0 Å². The maximum Gasteiger partial charge on any atom is 0.357 e. The molecular weight excluding hydrogens is 352 g/mol. The summed E-state index contributed by atoms with van der Waals surface area (Å²) < 4.78 is 5.40. The summed E-state index contributed by atoms with van der Waals surface area (Å²) in [6.45, 7) is 0. The quantitative estimate of drug-likeness (QED) is 0.662. The number of rotatable bonds is 3. The van der Waals surface area contributed by atoms with Crippen molar-refractivity contribution in [2.75, 3.05) is 0 Å². The zero-order chi connectivity index (χ0) is 18.1. The van der Waals surface area contributed by atoms with Gasteiger partial charge in [-0.3, -0.25) is 4.79 Å². The average molecular weight is 365 g/mol. The number of Topliss-reactive ketones (excluding diaryl/α,β-unsaturated/α-hetero) is 1. The molecule has 1 heterocycles. The molecule has 0 bridgehead atoms. The first-order chi connectivity index (χ1) is 12.6. The number of halogens is 1. The molecule has 1 aliphatic carbocycles. The predicted octanol–water partition coefficient (Wildman–Crippen LogP) is 3.76. The van der Waals surface area contributed by atoms with E-state index in [1.165, 1.54) is 12.3 Å². The topological polar surface area (TPSA) is 69.2 Å². The van der Waals surface area contributed by atoms with Crippen LogP contribution in [-0.2, 0) is 11.2 Å². The summed E-state index contributed by atoms with van der Waals surface area (Å²) in [5.74, 6) is -0.438. The Labute approximate surface area is 154 Å². The molecule has 1 atom stereocenters. The summed E-state index contributed by atoms with van der Waals surface area (Å²) in [6, 6.07) is 15.7. The molecule has 5 nitrogen and oxygen atoms in total. The molecule has 0 aliphatic heterocycles. The van der Waals surface area contributed by atoms with Crippen molar-refractivity contribution in [3.63, 3.8) is 0 Å². The van der Waals surface area contributed by atoms with Crippen LogP contribution >= 0.6 is 11.6 Å². The molecule has 0 saturated heterocycles. The highest BCUT2D eigenvalue weighted by molar-refractivity contribution is 6.30. The molecule has 3 aromatic rings. The maximum atomic E-state index is 12.4. The van der Waals surface area contributed by atoms with Crippen LogP contribution in [0.15, 0.2) is 60.8 Å². The van der Waals surface area contributed by atoms with Crippen LogP contribution in [0.1, 0.15) is 26.4 Å².